The van der Waals surface area contributed by atoms with Crippen molar-refractivity contribution in [1.82, 2.24) is 18.7 Å². The molecular formula is C20H32N6O2. The first-order valence-electron chi connectivity index (χ1n) is 10.2. The summed E-state index contributed by atoms with van der Waals surface area (Å²) in [6, 6.07) is 0.0931. The largest absolute Gasteiger partial charge is 0.341 e. The lowest BCUT2D eigenvalue weighted by Crippen LogP contribution is -2.44. The molecule has 0 aromatic carbocycles. The first-order chi connectivity index (χ1) is 13.3. The van der Waals surface area contributed by atoms with Crippen LogP contribution >= 0.6 is 0 Å². The lowest BCUT2D eigenvalue weighted by molar-refractivity contribution is 0.495. The van der Waals surface area contributed by atoms with Crippen LogP contribution in [0.2, 0.25) is 0 Å². The van der Waals surface area contributed by atoms with E-state index in [1.165, 1.54) is 14.7 Å². The van der Waals surface area contributed by atoms with E-state index in [0.717, 1.165) is 38.2 Å². The van der Waals surface area contributed by atoms with Gasteiger partial charge in [0.1, 0.15) is 0 Å². The van der Waals surface area contributed by atoms with Crippen molar-refractivity contribution in [2.75, 3.05) is 18.0 Å². The molecule has 2 aromatic rings. The van der Waals surface area contributed by atoms with Gasteiger partial charge in [0, 0.05) is 39.3 Å². The van der Waals surface area contributed by atoms with Crippen molar-refractivity contribution in [3.63, 3.8) is 0 Å². The first-order valence-corrected chi connectivity index (χ1v) is 10.2. The Morgan fingerprint density at radius 3 is 2.68 bits per heavy atom. The van der Waals surface area contributed by atoms with Gasteiger partial charge in [0.2, 0.25) is 5.95 Å². The summed E-state index contributed by atoms with van der Waals surface area (Å²) in [7, 11) is 1.69. The average molecular weight is 389 g/mol. The molecule has 0 bridgehead atoms. The molecule has 1 aliphatic heterocycles. The smallest absolute Gasteiger partial charge is 0.332 e. The molecule has 3 rings (SSSR count). The first kappa shape index (κ1) is 20.4. The maximum Gasteiger partial charge on any atom is 0.332 e. The van der Waals surface area contributed by atoms with E-state index in [1.54, 1.807) is 7.05 Å². The summed E-state index contributed by atoms with van der Waals surface area (Å²) in [5, 5.41) is 0. The summed E-state index contributed by atoms with van der Waals surface area (Å²) in [5.41, 5.74) is 7.72. The normalized spacial score (nSPS) is 17.3. The number of hydrogen-bond donors (Lipinski definition) is 1. The third kappa shape index (κ3) is 3.78. The number of aryl methyl sites for hydroxylation is 1. The van der Waals surface area contributed by atoms with E-state index >= 15 is 0 Å². The maximum absolute atomic E-state index is 13.3. The van der Waals surface area contributed by atoms with Gasteiger partial charge in [-0.2, -0.15) is 4.98 Å². The SMILES string of the molecule is CCCCn1c(=O)c2c(nc(N3CCCC(N)C3)n2CC=C(C)C)n(C)c1=O. The summed E-state index contributed by atoms with van der Waals surface area (Å²) < 4.78 is 4.79. The molecule has 0 aliphatic carbocycles. The van der Waals surface area contributed by atoms with Crippen molar-refractivity contribution in [3.8, 4) is 0 Å². The van der Waals surface area contributed by atoms with Crippen LogP contribution in [-0.2, 0) is 20.1 Å². The molecule has 2 N–H and O–H groups in total. The zero-order valence-electron chi connectivity index (χ0n) is 17.4. The van der Waals surface area contributed by atoms with Crippen molar-refractivity contribution in [1.29, 1.82) is 0 Å². The lowest BCUT2D eigenvalue weighted by Gasteiger charge is -2.31. The molecule has 0 radical (unpaired) electrons. The van der Waals surface area contributed by atoms with Crippen LogP contribution in [0.5, 0.6) is 0 Å². The second-order valence-corrected chi connectivity index (χ2v) is 7.98. The average Bonchev–Trinajstić information content (AvgIpc) is 3.04. The van der Waals surface area contributed by atoms with E-state index in [0.29, 0.717) is 30.8 Å². The fourth-order valence-corrected chi connectivity index (χ4v) is 3.75. The number of fused-ring (bicyclic) bond motifs is 1. The van der Waals surface area contributed by atoms with Crippen molar-refractivity contribution in [2.24, 2.45) is 12.8 Å². The molecule has 0 spiro atoms. The van der Waals surface area contributed by atoms with Crippen LogP contribution in [-0.4, -0.2) is 37.8 Å². The van der Waals surface area contributed by atoms with E-state index < -0.39 is 0 Å². The maximum atomic E-state index is 13.3. The predicted molar refractivity (Wildman–Crippen MR) is 113 cm³/mol. The Bertz CT molecular complexity index is 993. The highest BCUT2D eigenvalue weighted by Crippen LogP contribution is 2.23. The minimum Gasteiger partial charge on any atom is -0.341 e. The number of rotatable bonds is 6. The number of nitrogens with two attached hydrogens (primary N) is 1. The summed E-state index contributed by atoms with van der Waals surface area (Å²) >= 11 is 0. The number of imidazole rings is 1. The Kier molecular flexibility index (Phi) is 6.07. The third-order valence-corrected chi connectivity index (χ3v) is 5.37. The number of allylic oxidation sites excluding steroid dienone is 2. The number of nitrogens with zero attached hydrogens (tertiary/aromatic N) is 5. The van der Waals surface area contributed by atoms with Gasteiger partial charge in [0.25, 0.3) is 5.56 Å². The molecule has 154 valence electrons. The van der Waals surface area contributed by atoms with Crippen molar-refractivity contribution >= 4 is 17.1 Å². The fraction of sp³-hybridized carbons (Fsp3) is 0.650. The van der Waals surface area contributed by atoms with Gasteiger partial charge in [0.15, 0.2) is 11.2 Å². The second kappa shape index (κ2) is 8.34. The van der Waals surface area contributed by atoms with Crippen LogP contribution in [0.15, 0.2) is 21.2 Å². The predicted octanol–water partition coefficient (Wildman–Crippen LogP) is 1.59. The number of aromatic nitrogens is 4. The van der Waals surface area contributed by atoms with Gasteiger partial charge in [-0.25, -0.2) is 4.79 Å². The summed E-state index contributed by atoms with van der Waals surface area (Å²) in [6.07, 6.45) is 5.77. The molecule has 1 fully saturated rings. The molecular weight excluding hydrogens is 356 g/mol. The molecule has 2 aromatic heterocycles. The molecule has 28 heavy (non-hydrogen) atoms. The summed E-state index contributed by atoms with van der Waals surface area (Å²) in [5.74, 6) is 0.725. The van der Waals surface area contributed by atoms with E-state index in [1.807, 2.05) is 25.3 Å². The standard InChI is InChI=1S/C20H32N6O2/c1-5-6-11-26-18(27)16-17(23(4)20(26)28)22-19(25(16)12-9-14(2)3)24-10-7-8-15(21)13-24/h9,15H,5-8,10-13,21H2,1-4H3. The molecule has 3 heterocycles. The van der Waals surface area contributed by atoms with E-state index in [2.05, 4.69) is 11.0 Å². The van der Waals surface area contributed by atoms with Gasteiger partial charge in [-0.1, -0.05) is 25.0 Å². The van der Waals surface area contributed by atoms with Crippen LogP contribution in [0.1, 0.15) is 46.5 Å². The molecule has 0 saturated carbocycles. The lowest BCUT2D eigenvalue weighted by atomic mass is 10.1. The summed E-state index contributed by atoms with van der Waals surface area (Å²) in [4.78, 5) is 32.9. The van der Waals surface area contributed by atoms with Crippen molar-refractivity contribution in [3.05, 3.63) is 32.5 Å². The van der Waals surface area contributed by atoms with Gasteiger partial charge in [0.05, 0.1) is 0 Å². The zero-order chi connectivity index (χ0) is 20.4. The topological polar surface area (TPSA) is 91.1 Å². The molecule has 8 heteroatoms. The van der Waals surface area contributed by atoms with Gasteiger partial charge < -0.3 is 15.2 Å². The summed E-state index contributed by atoms with van der Waals surface area (Å²) in [6.45, 7) is 8.64. The number of hydrogen-bond acceptors (Lipinski definition) is 5. The Balaban J connectivity index is 2.25. The third-order valence-electron chi connectivity index (χ3n) is 5.37. The minimum atomic E-state index is -0.306. The molecule has 8 nitrogen and oxygen atoms in total. The Morgan fingerprint density at radius 1 is 1.29 bits per heavy atom. The van der Waals surface area contributed by atoms with Gasteiger partial charge >= 0.3 is 5.69 Å². The molecule has 1 aliphatic rings. The van der Waals surface area contributed by atoms with E-state index in [-0.39, 0.29) is 17.3 Å². The number of piperidine rings is 1. The number of unbranched alkanes of at least 4 members (excludes halogenated alkanes) is 1. The quantitative estimate of drug-likeness (QED) is 0.759. The van der Waals surface area contributed by atoms with Gasteiger partial charge in [-0.15, -0.1) is 0 Å². The Labute approximate surface area is 165 Å². The Hall–Kier alpha value is -2.35. The van der Waals surface area contributed by atoms with Crippen LogP contribution in [0.4, 0.5) is 5.95 Å². The van der Waals surface area contributed by atoms with Crippen molar-refractivity contribution in [2.45, 2.75) is 65.6 Å². The van der Waals surface area contributed by atoms with Gasteiger partial charge in [-0.3, -0.25) is 13.9 Å². The van der Waals surface area contributed by atoms with Gasteiger partial charge in [-0.05, 0) is 33.1 Å². The second-order valence-electron chi connectivity index (χ2n) is 7.98. The Morgan fingerprint density at radius 2 is 2.04 bits per heavy atom. The highest BCUT2D eigenvalue weighted by Gasteiger charge is 2.25. The van der Waals surface area contributed by atoms with E-state index in [9.17, 15) is 9.59 Å². The van der Waals surface area contributed by atoms with Crippen LogP contribution < -0.4 is 21.9 Å². The zero-order valence-corrected chi connectivity index (χ0v) is 17.4. The molecule has 0 amide bonds. The van der Waals surface area contributed by atoms with Crippen LogP contribution in [0.25, 0.3) is 11.2 Å². The highest BCUT2D eigenvalue weighted by molar-refractivity contribution is 5.74. The minimum absolute atomic E-state index is 0.0931. The monoisotopic (exact) mass is 388 g/mol. The van der Waals surface area contributed by atoms with Crippen LogP contribution in [0.3, 0.4) is 0 Å². The molecule has 1 saturated heterocycles. The van der Waals surface area contributed by atoms with Crippen LogP contribution in [0, 0.1) is 0 Å². The number of anilines is 1. The molecule has 1 atom stereocenters. The van der Waals surface area contributed by atoms with Crippen molar-refractivity contribution < 1.29 is 0 Å². The van der Waals surface area contributed by atoms with E-state index in [4.69, 9.17) is 10.7 Å². The molecule has 1 unspecified atom stereocenters. The fourth-order valence-electron chi connectivity index (χ4n) is 3.75. The highest BCUT2D eigenvalue weighted by atomic mass is 16.2.